The molecule has 1 aromatic rings. The lowest BCUT2D eigenvalue weighted by atomic mass is 10.0. The predicted molar refractivity (Wildman–Crippen MR) is 74.4 cm³/mol. The number of hydrogen-bond acceptors (Lipinski definition) is 1. The van der Waals surface area contributed by atoms with Gasteiger partial charge in [0.05, 0.1) is 5.69 Å². The molecule has 16 heavy (non-hydrogen) atoms. The van der Waals surface area contributed by atoms with Gasteiger partial charge in [0.15, 0.2) is 0 Å². The van der Waals surface area contributed by atoms with E-state index in [1.807, 2.05) is 0 Å². The number of rotatable bonds is 2. The summed E-state index contributed by atoms with van der Waals surface area (Å²) in [7, 11) is 0. The van der Waals surface area contributed by atoms with Crippen molar-refractivity contribution in [1.29, 1.82) is 0 Å². The van der Waals surface area contributed by atoms with E-state index in [0.717, 1.165) is 16.6 Å². The number of alkyl halides is 1. The second-order valence-electron chi connectivity index (χ2n) is 4.99. The lowest BCUT2D eigenvalue weighted by Gasteiger charge is -2.34. The van der Waals surface area contributed by atoms with Crippen LogP contribution in [0.25, 0.3) is 0 Å². The molecule has 1 heterocycles. The van der Waals surface area contributed by atoms with Crippen molar-refractivity contribution < 1.29 is 0 Å². The van der Waals surface area contributed by atoms with Crippen molar-refractivity contribution in [2.24, 2.45) is 0 Å². The van der Waals surface area contributed by atoms with Gasteiger partial charge >= 0.3 is 0 Å². The third kappa shape index (κ3) is 2.23. The standard InChI is InChI=1S/C13H17BrClN/c1-13(2)6-3-7-16(13)12-5-4-10(9-15)8-11(12)14/h4-5,8H,3,6-7,9H2,1-2H3. The fourth-order valence-corrected chi connectivity index (χ4v) is 3.21. The fourth-order valence-electron chi connectivity index (χ4n) is 2.41. The Bertz CT molecular complexity index is 390. The summed E-state index contributed by atoms with van der Waals surface area (Å²) in [5.74, 6) is 0.572. The third-order valence-corrected chi connectivity index (χ3v) is 4.30. The van der Waals surface area contributed by atoms with Crippen LogP contribution in [0, 0.1) is 0 Å². The predicted octanol–water partition coefficient (Wildman–Crippen LogP) is 4.57. The smallest absolute Gasteiger partial charge is 0.0515 e. The van der Waals surface area contributed by atoms with Crippen LogP contribution in [0.1, 0.15) is 32.3 Å². The Morgan fingerprint density at radius 1 is 1.44 bits per heavy atom. The first-order valence-corrected chi connectivity index (χ1v) is 6.99. The van der Waals surface area contributed by atoms with Crippen molar-refractivity contribution >= 4 is 33.2 Å². The van der Waals surface area contributed by atoms with Crippen LogP contribution in [0.5, 0.6) is 0 Å². The maximum absolute atomic E-state index is 5.83. The van der Waals surface area contributed by atoms with E-state index in [4.69, 9.17) is 11.6 Å². The van der Waals surface area contributed by atoms with Gasteiger partial charge in [-0.1, -0.05) is 6.07 Å². The monoisotopic (exact) mass is 301 g/mol. The molecule has 2 rings (SSSR count). The minimum absolute atomic E-state index is 0.269. The Kier molecular flexibility index (Phi) is 3.50. The first kappa shape index (κ1) is 12.3. The minimum Gasteiger partial charge on any atom is -0.366 e. The maximum Gasteiger partial charge on any atom is 0.0515 e. The Morgan fingerprint density at radius 3 is 2.69 bits per heavy atom. The van der Waals surface area contributed by atoms with Crippen LogP contribution in [-0.2, 0) is 5.88 Å². The molecule has 1 fully saturated rings. The Labute approximate surface area is 111 Å². The number of halogens is 2. The van der Waals surface area contributed by atoms with Crippen molar-refractivity contribution in [2.45, 2.75) is 38.1 Å². The Hall–Kier alpha value is -0.210. The van der Waals surface area contributed by atoms with Crippen molar-refractivity contribution in [3.05, 3.63) is 28.2 Å². The van der Waals surface area contributed by atoms with Crippen LogP contribution in [0.3, 0.4) is 0 Å². The van der Waals surface area contributed by atoms with Gasteiger partial charge in [0.25, 0.3) is 0 Å². The summed E-state index contributed by atoms with van der Waals surface area (Å²) in [6.07, 6.45) is 2.54. The van der Waals surface area contributed by atoms with Crippen LogP contribution in [-0.4, -0.2) is 12.1 Å². The summed E-state index contributed by atoms with van der Waals surface area (Å²) in [5.41, 5.74) is 2.72. The zero-order valence-corrected chi connectivity index (χ0v) is 12.1. The highest BCUT2D eigenvalue weighted by molar-refractivity contribution is 9.10. The van der Waals surface area contributed by atoms with Crippen LogP contribution in [0.4, 0.5) is 5.69 Å². The van der Waals surface area contributed by atoms with Gasteiger partial charge in [-0.25, -0.2) is 0 Å². The van der Waals surface area contributed by atoms with E-state index in [9.17, 15) is 0 Å². The molecule has 3 heteroatoms. The molecule has 0 amide bonds. The molecule has 0 spiro atoms. The van der Waals surface area contributed by atoms with Gasteiger partial charge in [-0.3, -0.25) is 0 Å². The average molecular weight is 303 g/mol. The van der Waals surface area contributed by atoms with E-state index in [1.54, 1.807) is 0 Å². The zero-order chi connectivity index (χ0) is 11.8. The molecule has 88 valence electrons. The molecule has 0 N–H and O–H groups in total. The number of anilines is 1. The molecule has 0 atom stereocenters. The van der Waals surface area contributed by atoms with E-state index >= 15 is 0 Å². The van der Waals surface area contributed by atoms with Crippen LogP contribution in [0.2, 0.25) is 0 Å². The second-order valence-corrected chi connectivity index (χ2v) is 6.11. The highest BCUT2D eigenvalue weighted by Crippen LogP contribution is 2.38. The minimum atomic E-state index is 0.269. The van der Waals surface area contributed by atoms with Gasteiger partial charge in [-0.2, -0.15) is 0 Å². The zero-order valence-electron chi connectivity index (χ0n) is 9.76. The molecule has 0 bridgehead atoms. The first-order chi connectivity index (χ1) is 7.54. The normalized spacial score (nSPS) is 19.1. The third-order valence-electron chi connectivity index (χ3n) is 3.36. The summed E-state index contributed by atoms with van der Waals surface area (Å²) >= 11 is 9.48. The lowest BCUT2D eigenvalue weighted by molar-refractivity contribution is 0.517. The van der Waals surface area contributed by atoms with Gasteiger partial charge in [0.1, 0.15) is 0 Å². The molecular weight excluding hydrogens is 286 g/mol. The maximum atomic E-state index is 5.83. The van der Waals surface area contributed by atoms with Crippen molar-refractivity contribution in [1.82, 2.24) is 0 Å². The van der Waals surface area contributed by atoms with Crippen LogP contribution in [0.15, 0.2) is 22.7 Å². The summed E-state index contributed by atoms with van der Waals surface area (Å²) < 4.78 is 1.15. The topological polar surface area (TPSA) is 3.24 Å². The molecule has 1 aliphatic heterocycles. The lowest BCUT2D eigenvalue weighted by Crippen LogP contribution is -2.38. The number of nitrogens with zero attached hydrogens (tertiary/aromatic N) is 1. The van der Waals surface area contributed by atoms with E-state index < -0.39 is 0 Å². The summed E-state index contributed by atoms with van der Waals surface area (Å²) in [5, 5.41) is 0. The molecule has 0 aromatic heterocycles. The van der Waals surface area contributed by atoms with Gasteiger partial charge in [-0.15, -0.1) is 11.6 Å². The van der Waals surface area contributed by atoms with Gasteiger partial charge in [0, 0.05) is 22.4 Å². The Morgan fingerprint density at radius 2 is 2.19 bits per heavy atom. The van der Waals surface area contributed by atoms with Crippen molar-refractivity contribution in [3.8, 4) is 0 Å². The largest absolute Gasteiger partial charge is 0.366 e. The second kappa shape index (κ2) is 4.58. The molecule has 0 radical (unpaired) electrons. The fraction of sp³-hybridized carbons (Fsp3) is 0.538. The SMILES string of the molecule is CC1(C)CCCN1c1ccc(CCl)cc1Br. The molecule has 1 saturated heterocycles. The number of hydrogen-bond donors (Lipinski definition) is 0. The average Bonchev–Trinajstić information content (AvgIpc) is 2.58. The highest BCUT2D eigenvalue weighted by Gasteiger charge is 2.32. The number of benzene rings is 1. The molecule has 1 aromatic carbocycles. The van der Waals surface area contributed by atoms with E-state index in [2.05, 4.69) is 52.9 Å². The Balaban J connectivity index is 2.34. The van der Waals surface area contributed by atoms with E-state index in [0.29, 0.717) is 5.88 Å². The summed E-state index contributed by atoms with van der Waals surface area (Å²) in [6.45, 7) is 5.76. The molecular formula is C13H17BrClN. The molecule has 0 unspecified atom stereocenters. The van der Waals surface area contributed by atoms with Crippen LogP contribution < -0.4 is 4.90 Å². The molecule has 0 saturated carbocycles. The quantitative estimate of drug-likeness (QED) is 0.724. The van der Waals surface area contributed by atoms with Crippen molar-refractivity contribution in [3.63, 3.8) is 0 Å². The summed E-state index contributed by atoms with van der Waals surface area (Å²) in [6, 6.07) is 6.41. The molecule has 1 aliphatic rings. The highest BCUT2D eigenvalue weighted by atomic mass is 79.9. The van der Waals surface area contributed by atoms with Crippen LogP contribution >= 0.6 is 27.5 Å². The van der Waals surface area contributed by atoms with Gasteiger partial charge in [0.2, 0.25) is 0 Å². The molecule has 1 nitrogen and oxygen atoms in total. The first-order valence-electron chi connectivity index (χ1n) is 5.66. The van der Waals surface area contributed by atoms with Gasteiger partial charge in [-0.05, 0) is 60.3 Å². The molecule has 0 aliphatic carbocycles. The van der Waals surface area contributed by atoms with E-state index in [1.165, 1.54) is 18.5 Å². The summed E-state index contributed by atoms with van der Waals surface area (Å²) in [4.78, 5) is 2.48. The van der Waals surface area contributed by atoms with E-state index in [-0.39, 0.29) is 5.54 Å². The van der Waals surface area contributed by atoms with Crippen molar-refractivity contribution in [2.75, 3.05) is 11.4 Å². The van der Waals surface area contributed by atoms with Gasteiger partial charge < -0.3 is 4.90 Å².